The highest BCUT2D eigenvalue weighted by atomic mass is 16.3. The predicted molar refractivity (Wildman–Crippen MR) is 111 cm³/mol. The van der Waals surface area contributed by atoms with E-state index >= 15 is 0 Å². The SMILES string of the molecule is Cc1ccc2c(c1)nc(N)c1ncc(CCc3ccc(C(C)O)cc3)cc12. The quantitative estimate of drug-likeness (QED) is 0.527. The number of aliphatic hydroxyl groups is 1. The highest BCUT2D eigenvalue weighted by Gasteiger charge is 2.09. The zero-order valence-corrected chi connectivity index (χ0v) is 15.6. The van der Waals surface area contributed by atoms with E-state index in [1.807, 2.05) is 18.3 Å². The number of benzene rings is 2. The van der Waals surface area contributed by atoms with Crippen molar-refractivity contribution in [1.82, 2.24) is 9.97 Å². The van der Waals surface area contributed by atoms with Gasteiger partial charge in [0.2, 0.25) is 0 Å². The van der Waals surface area contributed by atoms with E-state index in [2.05, 4.69) is 53.3 Å². The fourth-order valence-electron chi connectivity index (χ4n) is 3.45. The van der Waals surface area contributed by atoms with E-state index in [0.29, 0.717) is 5.82 Å². The Morgan fingerprint density at radius 1 is 0.963 bits per heavy atom. The lowest BCUT2D eigenvalue weighted by molar-refractivity contribution is 0.199. The summed E-state index contributed by atoms with van der Waals surface area (Å²) < 4.78 is 0. The summed E-state index contributed by atoms with van der Waals surface area (Å²) in [6, 6.07) is 16.6. The highest BCUT2D eigenvalue weighted by molar-refractivity contribution is 6.08. The van der Waals surface area contributed by atoms with Crippen LogP contribution in [-0.2, 0) is 12.8 Å². The zero-order chi connectivity index (χ0) is 19.0. The Labute approximate surface area is 158 Å². The largest absolute Gasteiger partial charge is 0.389 e. The molecule has 0 saturated carbocycles. The molecule has 136 valence electrons. The molecule has 0 saturated heterocycles. The molecule has 0 spiro atoms. The third-order valence-corrected chi connectivity index (χ3v) is 5.04. The van der Waals surface area contributed by atoms with Gasteiger partial charge in [0.15, 0.2) is 5.82 Å². The van der Waals surface area contributed by atoms with Crippen molar-refractivity contribution < 1.29 is 5.11 Å². The van der Waals surface area contributed by atoms with Crippen molar-refractivity contribution >= 4 is 27.6 Å². The molecular formula is C23H23N3O. The first-order valence-electron chi connectivity index (χ1n) is 9.22. The summed E-state index contributed by atoms with van der Waals surface area (Å²) in [5, 5.41) is 11.8. The lowest BCUT2D eigenvalue weighted by atomic mass is 10.0. The van der Waals surface area contributed by atoms with Crippen LogP contribution in [0.25, 0.3) is 21.8 Å². The lowest BCUT2D eigenvalue weighted by Crippen LogP contribution is -1.98. The van der Waals surface area contributed by atoms with Crippen LogP contribution in [0.4, 0.5) is 5.82 Å². The number of aromatic nitrogens is 2. The third kappa shape index (κ3) is 3.49. The van der Waals surface area contributed by atoms with Crippen LogP contribution in [0.1, 0.15) is 35.3 Å². The summed E-state index contributed by atoms with van der Waals surface area (Å²) in [6.07, 6.45) is 3.28. The van der Waals surface area contributed by atoms with E-state index in [1.54, 1.807) is 6.92 Å². The van der Waals surface area contributed by atoms with E-state index in [-0.39, 0.29) is 0 Å². The number of nitrogen functional groups attached to an aromatic ring is 1. The number of hydrogen-bond donors (Lipinski definition) is 2. The molecule has 2 aromatic heterocycles. The van der Waals surface area contributed by atoms with Crippen LogP contribution in [0.3, 0.4) is 0 Å². The molecule has 1 unspecified atom stereocenters. The Morgan fingerprint density at radius 3 is 2.44 bits per heavy atom. The second-order valence-electron chi connectivity index (χ2n) is 7.17. The molecule has 0 bridgehead atoms. The van der Waals surface area contributed by atoms with Gasteiger partial charge in [0.25, 0.3) is 0 Å². The molecule has 27 heavy (non-hydrogen) atoms. The Balaban J connectivity index is 1.65. The van der Waals surface area contributed by atoms with Gasteiger partial charge in [-0.3, -0.25) is 4.98 Å². The van der Waals surface area contributed by atoms with Gasteiger partial charge in [0.1, 0.15) is 5.52 Å². The van der Waals surface area contributed by atoms with E-state index in [9.17, 15) is 5.11 Å². The lowest BCUT2D eigenvalue weighted by Gasteiger charge is -2.09. The molecule has 0 aliphatic carbocycles. The van der Waals surface area contributed by atoms with Crippen molar-refractivity contribution in [2.24, 2.45) is 0 Å². The molecule has 4 rings (SSSR count). The molecule has 4 aromatic rings. The first kappa shape index (κ1) is 17.4. The molecule has 2 heterocycles. The minimum Gasteiger partial charge on any atom is -0.389 e. The summed E-state index contributed by atoms with van der Waals surface area (Å²) in [5.74, 6) is 0.475. The second-order valence-corrected chi connectivity index (χ2v) is 7.17. The second kappa shape index (κ2) is 6.97. The van der Waals surface area contributed by atoms with Gasteiger partial charge in [0, 0.05) is 17.0 Å². The van der Waals surface area contributed by atoms with Crippen molar-refractivity contribution in [3.8, 4) is 0 Å². The molecule has 0 radical (unpaired) electrons. The summed E-state index contributed by atoms with van der Waals surface area (Å²) in [6.45, 7) is 3.83. The minimum atomic E-state index is -0.431. The van der Waals surface area contributed by atoms with Crippen LogP contribution in [0.15, 0.2) is 54.7 Å². The number of hydrogen-bond acceptors (Lipinski definition) is 4. The highest BCUT2D eigenvalue weighted by Crippen LogP contribution is 2.28. The fraction of sp³-hybridized carbons (Fsp3) is 0.217. The standard InChI is InChI=1S/C23H23N3O/c1-14-3-10-19-20-12-17(13-25-22(20)23(24)26-21(19)11-14)5-4-16-6-8-18(9-7-16)15(2)27/h3,6-13,15,27H,4-5H2,1-2H3,(H2,24,26). The van der Waals surface area contributed by atoms with Crippen molar-refractivity contribution in [3.05, 3.63) is 77.0 Å². The molecule has 1 atom stereocenters. The van der Waals surface area contributed by atoms with Crippen LogP contribution >= 0.6 is 0 Å². The maximum absolute atomic E-state index is 9.63. The van der Waals surface area contributed by atoms with Crippen molar-refractivity contribution in [1.29, 1.82) is 0 Å². The van der Waals surface area contributed by atoms with Crippen LogP contribution in [0, 0.1) is 6.92 Å². The molecule has 3 N–H and O–H groups in total. The molecular weight excluding hydrogens is 334 g/mol. The number of fused-ring (bicyclic) bond motifs is 3. The first-order chi connectivity index (χ1) is 13.0. The molecule has 0 aliphatic rings. The summed E-state index contributed by atoms with van der Waals surface area (Å²) in [5.41, 5.74) is 12.3. The average Bonchev–Trinajstić information content (AvgIpc) is 2.66. The number of aryl methyl sites for hydroxylation is 3. The van der Waals surface area contributed by atoms with Gasteiger partial charge in [-0.2, -0.15) is 0 Å². The molecule has 0 aliphatic heterocycles. The zero-order valence-electron chi connectivity index (χ0n) is 15.6. The topological polar surface area (TPSA) is 72.0 Å². The summed E-state index contributed by atoms with van der Waals surface area (Å²) in [7, 11) is 0. The van der Waals surface area contributed by atoms with Crippen molar-refractivity contribution in [3.63, 3.8) is 0 Å². The molecule has 2 aromatic carbocycles. The maximum atomic E-state index is 9.63. The fourth-order valence-corrected chi connectivity index (χ4v) is 3.45. The smallest absolute Gasteiger partial charge is 0.150 e. The van der Waals surface area contributed by atoms with Crippen LogP contribution in [0.5, 0.6) is 0 Å². The van der Waals surface area contributed by atoms with Crippen LogP contribution in [0.2, 0.25) is 0 Å². The first-order valence-corrected chi connectivity index (χ1v) is 9.22. The van der Waals surface area contributed by atoms with E-state index in [0.717, 1.165) is 40.2 Å². The van der Waals surface area contributed by atoms with Crippen LogP contribution in [-0.4, -0.2) is 15.1 Å². The van der Waals surface area contributed by atoms with Gasteiger partial charge in [-0.05, 0) is 61.1 Å². The molecule has 4 heteroatoms. The monoisotopic (exact) mass is 357 g/mol. The Hall–Kier alpha value is -2.98. The van der Waals surface area contributed by atoms with Gasteiger partial charge in [-0.15, -0.1) is 0 Å². The van der Waals surface area contributed by atoms with Gasteiger partial charge < -0.3 is 10.8 Å². The Morgan fingerprint density at radius 2 is 1.70 bits per heavy atom. The van der Waals surface area contributed by atoms with Gasteiger partial charge in [-0.25, -0.2) is 4.98 Å². The molecule has 0 amide bonds. The van der Waals surface area contributed by atoms with Crippen LogP contribution < -0.4 is 5.73 Å². The Kier molecular flexibility index (Phi) is 4.50. The average molecular weight is 357 g/mol. The summed E-state index contributed by atoms with van der Waals surface area (Å²) >= 11 is 0. The van der Waals surface area contributed by atoms with Crippen molar-refractivity contribution in [2.45, 2.75) is 32.8 Å². The summed E-state index contributed by atoms with van der Waals surface area (Å²) in [4.78, 5) is 9.09. The van der Waals surface area contributed by atoms with Crippen molar-refractivity contribution in [2.75, 3.05) is 5.73 Å². The van der Waals surface area contributed by atoms with Gasteiger partial charge in [-0.1, -0.05) is 36.4 Å². The Bertz CT molecular complexity index is 1120. The third-order valence-electron chi connectivity index (χ3n) is 5.04. The normalized spacial score (nSPS) is 12.6. The van der Waals surface area contributed by atoms with Gasteiger partial charge in [0.05, 0.1) is 11.6 Å². The van der Waals surface area contributed by atoms with Gasteiger partial charge >= 0.3 is 0 Å². The minimum absolute atomic E-state index is 0.431. The number of nitrogens with zero attached hydrogens (tertiary/aromatic N) is 2. The van der Waals surface area contributed by atoms with E-state index in [1.165, 1.54) is 16.7 Å². The number of pyridine rings is 2. The number of nitrogens with two attached hydrogens (primary N) is 1. The number of anilines is 1. The number of rotatable bonds is 4. The molecule has 4 nitrogen and oxygen atoms in total. The molecule has 0 fully saturated rings. The predicted octanol–water partition coefficient (Wildman–Crippen LogP) is 4.51. The maximum Gasteiger partial charge on any atom is 0.150 e. The van der Waals surface area contributed by atoms with E-state index in [4.69, 9.17) is 5.73 Å². The number of aliphatic hydroxyl groups excluding tert-OH is 1. The van der Waals surface area contributed by atoms with E-state index < -0.39 is 6.10 Å².